The van der Waals surface area contributed by atoms with Crippen molar-refractivity contribution < 1.29 is 9.53 Å². The Balaban J connectivity index is 1.40. The molecule has 3 aromatic rings. The highest BCUT2D eigenvalue weighted by Crippen LogP contribution is 2.23. The molecule has 0 bridgehead atoms. The van der Waals surface area contributed by atoms with Crippen LogP contribution in [0.15, 0.2) is 54.9 Å². The molecule has 0 spiro atoms. The first-order valence-corrected chi connectivity index (χ1v) is 10.1. The van der Waals surface area contributed by atoms with E-state index in [2.05, 4.69) is 26.3 Å². The number of carbonyl (C=O) groups is 1. The number of para-hydroxylation sites is 1. The summed E-state index contributed by atoms with van der Waals surface area (Å²) in [7, 11) is 0. The van der Waals surface area contributed by atoms with Gasteiger partial charge in [0, 0.05) is 38.1 Å². The van der Waals surface area contributed by atoms with Crippen molar-refractivity contribution in [1.82, 2.24) is 20.2 Å². The summed E-state index contributed by atoms with van der Waals surface area (Å²) in [6.07, 6.45) is 6.95. The van der Waals surface area contributed by atoms with Crippen molar-refractivity contribution in [2.45, 2.75) is 6.04 Å². The van der Waals surface area contributed by atoms with Crippen LogP contribution in [0.2, 0.25) is 0 Å². The predicted molar refractivity (Wildman–Crippen MR) is 111 cm³/mol. The van der Waals surface area contributed by atoms with E-state index in [1.165, 1.54) is 0 Å². The number of pyridine rings is 1. The maximum atomic E-state index is 12.4. The number of hydrogen-bond acceptors (Lipinski definition) is 6. The molecule has 2 aromatic heterocycles. The monoisotopic (exact) mass is 394 g/mol. The van der Waals surface area contributed by atoms with Gasteiger partial charge in [0.25, 0.3) is 0 Å². The average Bonchev–Trinajstić information content (AvgIpc) is 3.17. The van der Waals surface area contributed by atoms with Gasteiger partial charge in [0.1, 0.15) is 5.01 Å². The van der Waals surface area contributed by atoms with Gasteiger partial charge in [-0.25, -0.2) is 4.98 Å². The standard InChI is InChI=1S/C21H22N4O2S/c26-20(7-8-21-24-17-5-1-2-6-19(17)28-21)23-15-18(16-4-3-9-22-14-16)25-10-12-27-13-11-25/h1-9,14,18H,10-13,15H2,(H,23,26)/b8-7+. The Bertz CT molecular complexity index is 918. The number of ether oxygens (including phenoxy) is 1. The molecule has 1 saturated heterocycles. The van der Waals surface area contributed by atoms with Gasteiger partial charge in [0.05, 0.1) is 29.5 Å². The first kappa shape index (κ1) is 18.7. The number of thiazole rings is 1. The van der Waals surface area contributed by atoms with Crippen LogP contribution < -0.4 is 5.32 Å². The van der Waals surface area contributed by atoms with Crippen molar-refractivity contribution >= 4 is 33.5 Å². The van der Waals surface area contributed by atoms with Crippen LogP contribution in [-0.2, 0) is 9.53 Å². The molecule has 1 aliphatic rings. The molecule has 144 valence electrons. The Morgan fingerprint density at radius 2 is 2.11 bits per heavy atom. The Hall–Kier alpha value is -2.61. The van der Waals surface area contributed by atoms with Crippen LogP contribution in [0.4, 0.5) is 0 Å². The van der Waals surface area contributed by atoms with Gasteiger partial charge in [-0.15, -0.1) is 11.3 Å². The van der Waals surface area contributed by atoms with E-state index in [0.717, 1.165) is 33.9 Å². The zero-order valence-corrected chi connectivity index (χ0v) is 16.3. The molecule has 1 fully saturated rings. The minimum atomic E-state index is -0.124. The van der Waals surface area contributed by atoms with Crippen molar-refractivity contribution in [2.24, 2.45) is 0 Å². The quantitative estimate of drug-likeness (QED) is 0.651. The van der Waals surface area contributed by atoms with Gasteiger partial charge >= 0.3 is 0 Å². The van der Waals surface area contributed by atoms with E-state index < -0.39 is 0 Å². The summed E-state index contributed by atoms with van der Waals surface area (Å²) >= 11 is 1.57. The number of rotatable bonds is 6. The van der Waals surface area contributed by atoms with Gasteiger partial charge in [-0.1, -0.05) is 18.2 Å². The number of amides is 1. The molecule has 0 saturated carbocycles. The lowest BCUT2D eigenvalue weighted by atomic mass is 10.1. The lowest BCUT2D eigenvalue weighted by molar-refractivity contribution is -0.116. The maximum absolute atomic E-state index is 12.4. The molecule has 1 aliphatic heterocycles. The molecule has 1 aromatic carbocycles. The number of fused-ring (bicyclic) bond motifs is 1. The smallest absolute Gasteiger partial charge is 0.244 e. The molecule has 6 nitrogen and oxygen atoms in total. The minimum absolute atomic E-state index is 0.0809. The minimum Gasteiger partial charge on any atom is -0.379 e. The number of benzene rings is 1. The summed E-state index contributed by atoms with van der Waals surface area (Å²) < 4.78 is 6.58. The fraction of sp³-hybridized carbons (Fsp3) is 0.286. The summed E-state index contributed by atoms with van der Waals surface area (Å²) in [5.41, 5.74) is 2.05. The molecule has 1 unspecified atom stereocenters. The third-order valence-electron chi connectivity index (χ3n) is 4.71. The van der Waals surface area contributed by atoms with Crippen molar-refractivity contribution in [3.05, 3.63) is 65.4 Å². The number of aromatic nitrogens is 2. The summed E-state index contributed by atoms with van der Waals surface area (Å²) in [4.78, 5) is 23.5. The fourth-order valence-electron chi connectivity index (χ4n) is 3.28. The second-order valence-electron chi connectivity index (χ2n) is 6.55. The number of morpholine rings is 1. The molecule has 3 heterocycles. The van der Waals surface area contributed by atoms with E-state index in [1.807, 2.05) is 36.5 Å². The van der Waals surface area contributed by atoms with Crippen molar-refractivity contribution in [3.63, 3.8) is 0 Å². The number of nitrogens with zero attached hydrogens (tertiary/aromatic N) is 3. The molecule has 0 radical (unpaired) electrons. The van der Waals surface area contributed by atoms with Crippen LogP contribution in [0.25, 0.3) is 16.3 Å². The third-order valence-corrected chi connectivity index (χ3v) is 5.71. The average molecular weight is 395 g/mol. The van der Waals surface area contributed by atoms with E-state index in [4.69, 9.17) is 4.74 Å². The first-order chi connectivity index (χ1) is 13.8. The second kappa shape index (κ2) is 9.05. The zero-order chi connectivity index (χ0) is 19.2. The van der Waals surface area contributed by atoms with E-state index >= 15 is 0 Å². The molecule has 0 aliphatic carbocycles. The molecule has 28 heavy (non-hydrogen) atoms. The van der Waals surface area contributed by atoms with Crippen molar-refractivity contribution in [2.75, 3.05) is 32.8 Å². The SMILES string of the molecule is O=C(/C=C/c1nc2ccccc2s1)NCC(c1cccnc1)N1CCOCC1. The van der Waals surface area contributed by atoms with E-state index in [1.54, 1.807) is 29.7 Å². The van der Waals surface area contributed by atoms with Gasteiger partial charge in [0.2, 0.25) is 5.91 Å². The van der Waals surface area contributed by atoms with Crippen LogP contribution in [-0.4, -0.2) is 53.6 Å². The molecular formula is C21H22N4O2S. The van der Waals surface area contributed by atoms with Crippen LogP contribution in [0.3, 0.4) is 0 Å². The lowest BCUT2D eigenvalue weighted by Gasteiger charge is -2.34. The largest absolute Gasteiger partial charge is 0.379 e. The molecular weight excluding hydrogens is 372 g/mol. The van der Waals surface area contributed by atoms with E-state index in [0.29, 0.717) is 19.8 Å². The van der Waals surface area contributed by atoms with Crippen LogP contribution in [0.5, 0.6) is 0 Å². The highest BCUT2D eigenvalue weighted by atomic mass is 32.1. The van der Waals surface area contributed by atoms with Gasteiger partial charge in [-0.05, 0) is 29.8 Å². The van der Waals surface area contributed by atoms with E-state index in [9.17, 15) is 4.79 Å². The van der Waals surface area contributed by atoms with Gasteiger partial charge < -0.3 is 10.1 Å². The Morgan fingerprint density at radius 3 is 2.89 bits per heavy atom. The number of carbonyl (C=O) groups excluding carboxylic acids is 1. The Kier molecular flexibility index (Phi) is 6.06. The Labute approximate surface area is 167 Å². The van der Waals surface area contributed by atoms with Crippen LogP contribution >= 0.6 is 11.3 Å². The van der Waals surface area contributed by atoms with Crippen LogP contribution in [0.1, 0.15) is 16.6 Å². The topological polar surface area (TPSA) is 67.4 Å². The number of hydrogen-bond donors (Lipinski definition) is 1. The summed E-state index contributed by atoms with van der Waals surface area (Å²) in [6, 6.07) is 12.0. The molecule has 1 amide bonds. The highest BCUT2D eigenvalue weighted by molar-refractivity contribution is 7.19. The zero-order valence-electron chi connectivity index (χ0n) is 15.5. The molecule has 1 atom stereocenters. The van der Waals surface area contributed by atoms with Gasteiger partial charge in [-0.3, -0.25) is 14.7 Å². The highest BCUT2D eigenvalue weighted by Gasteiger charge is 2.23. The van der Waals surface area contributed by atoms with Crippen molar-refractivity contribution in [1.29, 1.82) is 0 Å². The maximum Gasteiger partial charge on any atom is 0.244 e. The summed E-state index contributed by atoms with van der Waals surface area (Å²) in [5, 5.41) is 3.85. The van der Waals surface area contributed by atoms with Crippen LogP contribution in [0, 0.1) is 0 Å². The summed E-state index contributed by atoms with van der Waals surface area (Å²) in [6.45, 7) is 3.63. The van der Waals surface area contributed by atoms with Gasteiger partial charge in [0.15, 0.2) is 0 Å². The van der Waals surface area contributed by atoms with E-state index in [-0.39, 0.29) is 11.9 Å². The molecule has 1 N–H and O–H groups in total. The predicted octanol–water partition coefficient (Wildman–Crippen LogP) is 2.89. The fourth-order valence-corrected chi connectivity index (χ4v) is 4.15. The second-order valence-corrected chi connectivity index (χ2v) is 7.61. The number of nitrogens with one attached hydrogen (secondary N) is 1. The normalized spacial score (nSPS) is 16.4. The molecule has 7 heteroatoms. The van der Waals surface area contributed by atoms with Crippen molar-refractivity contribution in [3.8, 4) is 0 Å². The van der Waals surface area contributed by atoms with Gasteiger partial charge in [-0.2, -0.15) is 0 Å². The summed E-state index contributed by atoms with van der Waals surface area (Å²) in [5.74, 6) is -0.124. The lowest BCUT2D eigenvalue weighted by Crippen LogP contribution is -2.43. The first-order valence-electron chi connectivity index (χ1n) is 9.33. The Morgan fingerprint density at radius 1 is 1.25 bits per heavy atom. The molecule has 4 rings (SSSR count). The third kappa shape index (κ3) is 4.62.